The minimum atomic E-state index is -0.312. The number of halogens is 2. The van der Waals surface area contributed by atoms with Gasteiger partial charge in [-0.25, -0.2) is 5.01 Å². The van der Waals surface area contributed by atoms with Crippen molar-refractivity contribution in [2.24, 2.45) is 5.10 Å². The van der Waals surface area contributed by atoms with Crippen LogP contribution in [0.15, 0.2) is 71.8 Å². The lowest BCUT2D eigenvalue weighted by Crippen LogP contribution is -2.46. The topological polar surface area (TPSA) is 65.5 Å². The molecule has 214 valence electrons. The molecular weight excluding hydrogens is 559 g/mol. The van der Waals surface area contributed by atoms with E-state index in [0.717, 1.165) is 35.5 Å². The Bertz CT molecular complexity index is 1440. The Labute approximate surface area is 251 Å². The number of aryl methyl sites for hydroxylation is 2. The zero-order valence-electron chi connectivity index (χ0n) is 23.4. The molecule has 1 fully saturated rings. The maximum absolute atomic E-state index is 14.0. The van der Waals surface area contributed by atoms with Crippen molar-refractivity contribution in [2.75, 3.05) is 45.9 Å². The molecule has 0 bridgehead atoms. The zero-order chi connectivity index (χ0) is 28.9. The Balaban J connectivity index is 1.43. The minimum absolute atomic E-state index is 0.123. The summed E-state index contributed by atoms with van der Waals surface area (Å²) < 4.78 is 5.47. The maximum Gasteiger partial charge on any atom is 0.262 e. The molecule has 5 rings (SSSR count). The van der Waals surface area contributed by atoms with Gasteiger partial charge in [0.25, 0.3) is 11.8 Å². The number of hydrazone groups is 1. The molecule has 3 aromatic carbocycles. The number of morpholine rings is 1. The van der Waals surface area contributed by atoms with Crippen molar-refractivity contribution in [3.05, 3.63) is 105 Å². The van der Waals surface area contributed by atoms with Gasteiger partial charge in [0.1, 0.15) is 6.54 Å². The number of nitrogens with zero attached hydrogens (tertiary/aromatic N) is 4. The fraction of sp³-hybridized carbons (Fsp3) is 0.344. The molecule has 2 aliphatic rings. The van der Waals surface area contributed by atoms with E-state index in [1.165, 1.54) is 10.6 Å². The van der Waals surface area contributed by atoms with Crippen molar-refractivity contribution in [1.82, 2.24) is 14.8 Å². The smallest absolute Gasteiger partial charge is 0.262 e. The van der Waals surface area contributed by atoms with Crippen LogP contribution in [0, 0.1) is 13.8 Å². The van der Waals surface area contributed by atoms with Gasteiger partial charge in [0, 0.05) is 37.6 Å². The number of rotatable bonds is 8. The molecule has 9 heteroatoms. The molecule has 3 aromatic rings. The standard InChI is InChI=1S/C32H34Cl2N4O3/c1-22-7-8-25(19-23(22)2)29-20-30(24-9-11-26(33)12-10-24)38(35-29)31(39)21-37(14-13-36-15-17-41-18-16-36)32(40)27-5-3-4-6-28(27)34/h3-12,19,30H,13-18,20-21H2,1-2H3. The molecule has 1 saturated heterocycles. The summed E-state index contributed by atoms with van der Waals surface area (Å²) in [6.07, 6.45) is 0.558. The van der Waals surface area contributed by atoms with E-state index in [0.29, 0.717) is 48.3 Å². The summed E-state index contributed by atoms with van der Waals surface area (Å²) in [6, 6.07) is 20.4. The first-order chi connectivity index (χ1) is 19.8. The Morgan fingerprint density at radius 1 is 0.976 bits per heavy atom. The molecule has 0 aliphatic carbocycles. The Hall–Kier alpha value is -3.23. The van der Waals surface area contributed by atoms with Gasteiger partial charge >= 0.3 is 0 Å². The van der Waals surface area contributed by atoms with Gasteiger partial charge < -0.3 is 9.64 Å². The van der Waals surface area contributed by atoms with Gasteiger partial charge in [-0.3, -0.25) is 14.5 Å². The number of carbonyl (C=O) groups is 2. The highest BCUT2D eigenvalue weighted by molar-refractivity contribution is 6.33. The summed E-state index contributed by atoms with van der Waals surface area (Å²) in [4.78, 5) is 31.5. The predicted molar refractivity (Wildman–Crippen MR) is 163 cm³/mol. The first-order valence-corrected chi connectivity index (χ1v) is 14.6. The van der Waals surface area contributed by atoms with Crippen LogP contribution in [0.5, 0.6) is 0 Å². The van der Waals surface area contributed by atoms with Crippen molar-refractivity contribution >= 4 is 40.7 Å². The second-order valence-corrected chi connectivity index (χ2v) is 11.4. The van der Waals surface area contributed by atoms with Gasteiger partial charge in [-0.1, -0.05) is 59.6 Å². The van der Waals surface area contributed by atoms with Crippen LogP contribution in [0.2, 0.25) is 10.0 Å². The molecule has 7 nitrogen and oxygen atoms in total. The third-order valence-corrected chi connectivity index (χ3v) is 8.35. The fourth-order valence-electron chi connectivity index (χ4n) is 5.16. The highest BCUT2D eigenvalue weighted by Gasteiger charge is 2.35. The summed E-state index contributed by atoms with van der Waals surface area (Å²) in [5.74, 6) is -0.538. The van der Waals surface area contributed by atoms with E-state index in [4.69, 9.17) is 33.0 Å². The van der Waals surface area contributed by atoms with Gasteiger partial charge in [-0.15, -0.1) is 0 Å². The highest BCUT2D eigenvalue weighted by Crippen LogP contribution is 2.34. The van der Waals surface area contributed by atoms with Crippen LogP contribution in [-0.2, 0) is 9.53 Å². The van der Waals surface area contributed by atoms with Crippen LogP contribution in [0.3, 0.4) is 0 Å². The number of carbonyl (C=O) groups excluding carboxylic acids is 2. The van der Waals surface area contributed by atoms with Gasteiger partial charge in [0.15, 0.2) is 0 Å². The van der Waals surface area contributed by atoms with E-state index in [2.05, 4.69) is 30.9 Å². The molecule has 2 heterocycles. The van der Waals surface area contributed by atoms with E-state index >= 15 is 0 Å². The number of hydrogen-bond donors (Lipinski definition) is 0. The Morgan fingerprint density at radius 3 is 2.41 bits per heavy atom. The van der Waals surface area contributed by atoms with Crippen LogP contribution in [0.4, 0.5) is 0 Å². The molecule has 0 radical (unpaired) electrons. The summed E-state index contributed by atoms with van der Waals surface area (Å²) in [5.41, 5.74) is 5.49. The molecule has 1 unspecified atom stereocenters. The molecule has 0 saturated carbocycles. The summed E-state index contributed by atoms with van der Waals surface area (Å²) in [7, 11) is 0. The molecule has 0 aromatic heterocycles. The van der Waals surface area contributed by atoms with Crippen molar-refractivity contribution in [3.8, 4) is 0 Å². The lowest BCUT2D eigenvalue weighted by Gasteiger charge is -2.31. The van der Waals surface area contributed by atoms with Gasteiger partial charge in [0.05, 0.1) is 35.6 Å². The predicted octanol–water partition coefficient (Wildman–Crippen LogP) is 5.76. The lowest BCUT2D eigenvalue weighted by molar-refractivity contribution is -0.133. The van der Waals surface area contributed by atoms with Crippen molar-refractivity contribution in [3.63, 3.8) is 0 Å². The van der Waals surface area contributed by atoms with Crippen molar-refractivity contribution in [1.29, 1.82) is 0 Å². The lowest BCUT2D eigenvalue weighted by atomic mass is 9.96. The van der Waals surface area contributed by atoms with Gasteiger partial charge in [-0.05, 0) is 66.4 Å². The van der Waals surface area contributed by atoms with Crippen LogP contribution < -0.4 is 0 Å². The van der Waals surface area contributed by atoms with E-state index in [9.17, 15) is 9.59 Å². The Kier molecular flexibility index (Phi) is 9.40. The summed E-state index contributed by atoms with van der Waals surface area (Å²) in [5, 5.41) is 7.36. The number of benzene rings is 3. The third-order valence-electron chi connectivity index (χ3n) is 7.77. The quantitative estimate of drug-likeness (QED) is 0.333. The largest absolute Gasteiger partial charge is 0.379 e. The van der Waals surface area contributed by atoms with E-state index < -0.39 is 0 Å². The second-order valence-electron chi connectivity index (χ2n) is 10.5. The molecule has 41 heavy (non-hydrogen) atoms. The number of hydrogen-bond acceptors (Lipinski definition) is 5. The highest BCUT2D eigenvalue weighted by atomic mass is 35.5. The van der Waals surface area contributed by atoms with Gasteiger partial charge in [0.2, 0.25) is 0 Å². The van der Waals surface area contributed by atoms with Crippen LogP contribution in [-0.4, -0.2) is 78.3 Å². The third kappa shape index (κ3) is 6.99. The van der Waals surface area contributed by atoms with Crippen LogP contribution >= 0.6 is 23.2 Å². The first kappa shape index (κ1) is 29.3. The van der Waals surface area contributed by atoms with E-state index in [-0.39, 0.29) is 24.4 Å². The van der Waals surface area contributed by atoms with E-state index in [1.54, 1.807) is 29.2 Å². The second kappa shape index (κ2) is 13.2. The van der Waals surface area contributed by atoms with Crippen molar-refractivity contribution < 1.29 is 14.3 Å². The van der Waals surface area contributed by atoms with Crippen molar-refractivity contribution in [2.45, 2.75) is 26.3 Å². The molecule has 2 amide bonds. The zero-order valence-corrected chi connectivity index (χ0v) is 24.9. The molecule has 1 atom stereocenters. The molecule has 0 spiro atoms. The average molecular weight is 594 g/mol. The average Bonchev–Trinajstić information content (AvgIpc) is 3.43. The minimum Gasteiger partial charge on any atom is -0.379 e. The summed E-state index contributed by atoms with van der Waals surface area (Å²) >= 11 is 12.6. The van der Waals surface area contributed by atoms with Crippen LogP contribution in [0.25, 0.3) is 0 Å². The number of ether oxygens (including phenoxy) is 1. The molecular formula is C32H34Cl2N4O3. The monoisotopic (exact) mass is 592 g/mol. The SMILES string of the molecule is Cc1ccc(C2=NN(C(=O)CN(CCN3CCOCC3)C(=O)c3ccccc3Cl)C(c3ccc(Cl)cc3)C2)cc1C. The summed E-state index contributed by atoms with van der Waals surface area (Å²) in [6.45, 7) is 7.92. The number of amides is 2. The maximum atomic E-state index is 14.0. The Morgan fingerprint density at radius 2 is 1.71 bits per heavy atom. The molecule has 2 aliphatic heterocycles. The van der Waals surface area contributed by atoms with Gasteiger partial charge in [-0.2, -0.15) is 5.10 Å². The van der Waals surface area contributed by atoms with E-state index in [1.807, 2.05) is 30.3 Å². The molecule has 0 N–H and O–H groups in total. The fourth-order valence-corrected chi connectivity index (χ4v) is 5.50. The normalized spacial score (nSPS) is 17.4. The first-order valence-electron chi connectivity index (χ1n) is 13.9. The van der Waals surface area contributed by atoms with Crippen LogP contribution in [0.1, 0.15) is 45.1 Å².